The van der Waals surface area contributed by atoms with E-state index in [0.29, 0.717) is 23.2 Å². The smallest absolute Gasteiger partial charge is 0.246 e. The number of nitrogens with zero attached hydrogens (tertiary/aromatic N) is 2. The van der Waals surface area contributed by atoms with Crippen LogP contribution in [0.25, 0.3) is 11.4 Å². The zero-order valence-electron chi connectivity index (χ0n) is 12.8. The molecule has 114 valence electrons. The van der Waals surface area contributed by atoms with E-state index in [-0.39, 0.29) is 0 Å². The van der Waals surface area contributed by atoms with Crippen molar-refractivity contribution in [2.45, 2.75) is 32.2 Å². The molecule has 0 aliphatic carbocycles. The summed E-state index contributed by atoms with van der Waals surface area (Å²) in [5.41, 5.74) is 6.37. The molecule has 1 heterocycles. The van der Waals surface area contributed by atoms with Crippen molar-refractivity contribution in [3.05, 3.63) is 24.1 Å². The molecule has 0 bridgehead atoms. The third kappa shape index (κ3) is 3.16. The second-order valence-electron chi connectivity index (χ2n) is 5.16. The highest BCUT2D eigenvalue weighted by Gasteiger charge is 2.27. The van der Waals surface area contributed by atoms with Crippen molar-refractivity contribution < 1.29 is 14.0 Å². The van der Waals surface area contributed by atoms with Crippen LogP contribution in [0.1, 0.15) is 32.6 Å². The highest BCUT2D eigenvalue weighted by molar-refractivity contribution is 5.60. The summed E-state index contributed by atoms with van der Waals surface area (Å²) >= 11 is 0. The van der Waals surface area contributed by atoms with Gasteiger partial charge in [0.1, 0.15) is 0 Å². The van der Waals surface area contributed by atoms with Gasteiger partial charge in [-0.2, -0.15) is 4.98 Å². The second kappa shape index (κ2) is 6.13. The first-order valence-corrected chi connectivity index (χ1v) is 6.87. The molecule has 2 rings (SSSR count). The zero-order valence-corrected chi connectivity index (χ0v) is 12.8. The van der Waals surface area contributed by atoms with Crippen LogP contribution in [-0.4, -0.2) is 24.4 Å². The van der Waals surface area contributed by atoms with Crippen molar-refractivity contribution in [3.63, 3.8) is 0 Å². The average Bonchev–Trinajstić information content (AvgIpc) is 2.97. The summed E-state index contributed by atoms with van der Waals surface area (Å²) in [6, 6.07) is 5.46. The van der Waals surface area contributed by atoms with E-state index in [0.717, 1.165) is 18.4 Å². The summed E-state index contributed by atoms with van der Waals surface area (Å²) in [4.78, 5) is 4.40. The van der Waals surface area contributed by atoms with Crippen molar-refractivity contribution in [2.24, 2.45) is 5.73 Å². The molecule has 0 fully saturated rings. The van der Waals surface area contributed by atoms with E-state index in [1.165, 1.54) is 0 Å². The Morgan fingerprint density at radius 3 is 2.57 bits per heavy atom. The minimum absolute atomic E-state index is 0.439. The first-order chi connectivity index (χ1) is 10.0. The number of hydrogen-bond acceptors (Lipinski definition) is 6. The molecule has 6 heteroatoms. The van der Waals surface area contributed by atoms with E-state index >= 15 is 0 Å². The molecule has 2 N–H and O–H groups in total. The van der Waals surface area contributed by atoms with Gasteiger partial charge in [-0.25, -0.2) is 0 Å². The van der Waals surface area contributed by atoms with Gasteiger partial charge < -0.3 is 19.7 Å². The normalized spacial score (nSPS) is 13.8. The van der Waals surface area contributed by atoms with E-state index in [9.17, 15) is 0 Å². The standard InChI is InChI=1S/C15H21N3O3/c1-5-8-15(2,16)14-17-13(18-21-14)10-6-7-11(19-3)12(9-10)20-4/h6-7,9H,5,8,16H2,1-4H3. The molecule has 0 saturated heterocycles. The molecule has 0 aliphatic rings. The summed E-state index contributed by atoms with van der Waals surface area (Å²) in [7, 11) is 3.18. The number of rotatable bonds is 6. The molecule has 0 spiro atoms. The van der Waals surface area contributed by atoms with E-state index in [1.54, 1.807) is 26.4 Å². The molecular weight excluding hydrogens is 270 g/mol. The van der Waals surface area contributed by atoms with Crippen molar-refractivity contribution in [1.29, 1.82) is 0 Å². The Balaban J connectivity index is 2.33. The van der Waals surface area contributed by atoms with Gasteiger partial charge in [-0.3, -0.25) is 0 Å². The van der Waals surface area contributed by atoms with Crippen molar-refractivity contribution >= 4 is 0 Å². The van der Waals surface area contributed by atoms with Crippen LogP contribution in [-0.2, 0) is 5.54 Å². The van der Waals surface area contributed by atoms with E-state index in [2.05, 4.69) is 17.1 Å². The van der Waals surface area contributed by atoms with Crippen LogP contribution in [0.4, 0.5) is 0 Å². The molecular formula is C15H21N3O3. The summed E-state index contributed by atoms with van der Waals surface area (Å²) in [6.07, 6.45) is 1.72. The van der Waals surface area contributed by atoms with Gasteiger partial charge in [-0.05, 0) is 31.5 Å². The molecule has 0 amide bonds. The highest BCUT2D eigenvalue weighted by Crippen LogP contribution is 2.32. The Morgan fingerprint density at radius 1 is 1.24 bits per heavy atom. The second-order valence-corrected chi connectivity index (χ2v) is 5.16. The van der Waals surface area contributed by atoms with Gasteiger partial charge in [0.25, 0.3) is 0 Å². The van der Waals surface area contributed by atoms with Gasteiger partial charge in [0, 0.05) is 5.56 Å². The largest absolute Gasteiger partial charge is 0.493 e. The number of ether oxygens (including phenoxy) is 2. The lowest BCUT2D eigenvalue weighted by molar-refractivity contribution is 0.284. The van der Waals surface area contributed by atoms with E-state index < -0.39 is 5.54 Å². The maximum absolute atomic E-state index is 6.20. The number of methoxy groups -OCH3 is 2. The van der Waals surface area contributed by atoms with Gasteiger partial charge in [0.2, 0.25) is 11.7 Å². The molecule has 1 aromatic heterocycles. The van der Waals surface area contributed by atoms with E-state index in [1.807, 2.05) is 13.0 Å². The number of benzene rings is 1. The van der Waals surface area contributed by atoms with Gasteiger partial charge >= 0.3 is 0 Å². The van der Waals surface area contributed by atoms with Crippen LogP contribution >= 0.6 is 0 Å². The predicted molar refractivity (Wildman–Crippen MR) is 79.3 cm³/mol. The van der Waals surface area contributed by atoms with Crippen LogP contribution in [0.15, 0.2) is 22.7 Å². The van der Waals surface area contributed by atoms with Gasteiger partial charge in [-0.15, -0.1) is 0 Å². The van der Waals surface area contributed by atoms with Crippen molar-refractivity contribution in [1.82, 2.24) is 10.1 Å². The Hall–Kier alpha value is -2.08. The summed E-state index contributed by atoms with van der Waals surface area (Å²) in [5.74, 6) is 2.19. The Bertz CT molecular complexity index is 608. The number of nitrogens with two attached hydrogens (primary N) is 1. The van der Waals surface area contributed by atoms with Crippen LogP contribution in [0.2, 0.25) is 0 Å². The van der Waals surface area contributed by atoms with Gasteiger partial charge in [0.05, 0.1) is 19.8 Å². The summed E-state index contributed by atoms with van der Waals surface area (Å²) < 4.78 is 15.8. The maximum atomic E-state index is 6.20. The summed E-state index contributed by atoms with van der Waals surface area (Å²) in [6.45, 7) is 3.96. The molecule has 1 unspecified atom stereocenters. The first kappa shape index (κ1) is 15.3. The van der Waals surface area contributed by atoms with E-state index in [4.69, 9.17) is 19.7 Å². The van der Waals surface area contributed by atoms with Crippen LogP contribution in [0.5, 0.6) is 11.5 Å². The molecule has 0 radical (unpaired) electrons. The molecule has 21 heavy (non-hydrogen) atoms. The lowest BCUT2D eigenvalue weighted by Gasteiger charge is -2.18. The third-order valence-corrected chi connectivity index (χ3v) is 3.33. The average molecular weight is 291 g/mol. The van der Waals surface area contributed by atoms with Crippen molar-refractivity contribution in [3.8, 4) is 22.9 Å². The van der Waals surface area contributed by atoms with Crippen molar-refractivity contribution in [2.75, 3.05) is 14.2 Å². The topological polar surface area (TPSA) is 83.4 Å². The van der Waals surface area contributed by atoms with Gasteiger partial charge in [-0.1, -0.05) is 18.5 Å². The first-order valence-electron chi connectivity index (χ1n) is 6.87. The number of aromatic nitrogens is 2. The Kier molecular flexibility index (Phi) is 4.47. The third-order valence-electron chi connectivity index (χ3n) is 3.33. The fourth-order valence-electron chi connectivity index (χ4n) is 2.17. The fourth-order valence-corrected chi connectivity index (χ4v) is 2.17. The molecule has 1 aromatic carbocycles. The SMILES string of the molecule is CCCC(C)(N)c1nc(-c2ccc(OC)c(OC)c2)no1. The predicted octanol–water partition coefficient (Wildman–Crippen LogP) is 2.73. The Morgan fingerprint density at radius 2 is 1.95 bits per heavy atom. The molecule has 0 saturated carbocycles. The minimum Gasteiger partial charge on any atom is -0.493 e. The quantitative estimate of drug-likeness (QED) is 0.881. The van der Waals surface area contributed by atoms with Crippen LogP contribution < -0.4 is 15.2 Å². The highest BCUT2D eigenvalue weighted by atomic mass is 16.5. The van der Waals surface area contributed by atoms with Crippen LogP contribution in [0, 0.1) is 0 Å². The minimum atomic E-state index is -0.615. The summed E-state index contributed by atoms with van der Waals surface area (Å²) in [5, 5.41) is 4.00. The van der Waals surface area contributed by atoms with Crippen LogP contribution in [0.3, 0.4) is 0 Å². The molecule has 0 aliphatic heterocycles. The monoisotopic (exact) mass is 291 g/mol. The lowest BCUT2D eigenvalue weighted by Crippen LogP contribution is -2.33. The zero-order chi connectivity index (χ0) is 15.5. The fraction of sp³-hybridized carbons (Fsp3) is 0.467. The molecule has 6 nitrogen and oxygen atoms in total. The Labute approximate surface area is 124 Å². The number of hydrogen-bond donors (Lipinski definition) is 1. The van der Waals surface area contributed by atoms with Gasteiger partial charge in [0.15, 0.2) is 11.5 Å². The lowest BCUT2D eigenvalue weighted by atomic mass is 9.98. The molecule has 2 aromatic rings. The maximum Gasteiger partial charge on any atom is 0.246 e. The molecule has 1 atom stereocenters.